The van der Waals surface area contributed by atoms with Gasteiger partial charge in [0.25, 0.3) is 0 Å². The molecule has 2 nitrogen and oxygen atoms in total. The quantitative estimate of drug-likeness (QED) is 0.742. The predicted molar refractivity (Wildman–Crippen MR) is 65.6 cm³/mol. The van der Waals surface area contributed by atoms with Crippen LogP contribution in [0.15, 0.2) is 0 Å². The van der Waals surface area contributed by atoms with E-state index in [1.807, 2.05) is 6.92 Å². The topological polar surface area (TPSA) is 21.3 Å². The van der Waals surface area contributed by atoms with Gasteiger partial charge in [-0.05, 0) is 32.7 Å². The minimum absolute atomic E-state index is 0.529. The first-order valence-corrected chi connectivity index (χ1v) is 6.85. The van der Waals surface area contributed by atoms with Gasteiger partial charge in [-0.2, -0.15) is 13.2 Å². The van der Waals surface area contributed by atoms with E-state index in [0.29, 0.717) is 6.54 Å². The van der Waals surface area contributed by atoms with E-state index in [0.717, 1.165) is 52.0 Å². The number of hydrogen-bond acceptors (Lipinski definition) is 2. The molecule has 1 aliphatic carbocycles. The first-order valence-electron chi connectivity index (χ1n) is 6.85. The number of rotatable bonds is 6. The average molecular weight is 267 g/mol. The number of halogens is 3. The summed E-state index contributed by atoms with van der Waals surface area (Å²) < 4.78 is 43.3. The van der Waals surface area contributed by atoms with Crippen molar-refractivity contribution in [2.24, 2.45) is 0 Å². The molecule has 0 spiro atoms. The van der Waals surface area contributed by atoms with Crippen molar-refractivity contribution in [1.82, 2.24) is 5.32 Å². The molecular formula is C13H24F3NO. The highest BCUT2D eigenvalue weighted by atomic mass is 19.4. The summed E-state index contributed by atoms with van der Waals surface area (Å²) in [5.41, 5.74) is -0.623. The van der Waals surface area contributed by atoms with Crippen LogP contribution in [0.3, 0.4) is 0 Å². The highest BCUT2D eigenvalue weighted by Gasteiger charge is 2.43. The van der Waals surface area contributed by atoms with Gasteiger partial charge in [-0.25, -0.2) is 0 Å². The van der Waals surface area contributed by atoms with Gasteiger partial charge in [-0.3, -0.25) is 0 Å². The molecule has 1 rings (SSSR count). The van der Waals surface area contributed by atoms with Crippen molar-refractivity contribution in [3.05, 3.63) is 0 Å². The Morgan fingerprint density at radius 2 is 1.83 bits per heavy atom. The third-order valence-electron chi connectivity index (χ3n) is 3.53. The number of hydrogen-bond donors (Lipinski definition) is 1. The van der Waals surface area contributed by atoms with Gasteiger partial charge in [-0.15, -0.1) is 0 Å². The van der Waals surface area contributed by atoms with Crippen LogP contribution in [0.2, 0.25) is 0 Å². The van der Waals surface area contributed by atoms with Crippen molar-refractivity contribution in [1.29, 1.82) is 0 Å². The van der Waals surface area contributed by atoms with Gasteiger partial charge in [0.05, 0.1) is 5.60 Å². The Morgan fingerprint density at radius 1 is 1.22 bits per heavy atom. The maximum atomic E-state index is 12.6. The monoisotopic (exact) mass is 267 g/mol. The summed E-state index contributed by atoms with van der Waals surface area (Å²) in [5.74, 6) is 0. The molecule has 0 bridgehead atoms. The summed E-state index contributed by atoms with van der Waals surface area (Å²) in [5, 5.41) is 3.21. The fourth-order valence-electron chi connectivity index (χ4n) is 2.47. The van der Waals surface area contributed by atoms with Crippen LogP contribution in [-0.4, -0.2) is 31.0 Å². The van der Waals surface area contributed by atoms with Crippen molar-refractivity contribution in [2.45, 2.75) is 70.3 Å². The lowest BCUT2D eigenvalue weighted by Crippen LogP contribution is -2.49. The molecule has 1 atom stereocenters. The lowest BCUT2D eigenvalue weighted by molar-refractivity contribution is -0.251. The van der Waals surface area contributed by atoms with E-state index >= 15 is 0 Å². The van der Waals surface area contributed by atoms with Crippen molar-refractivity contribution < 1.29 is 17.9 Å². The van der Waals surface area contributed by atoms with E-state index in [4.69, 9.17) is 4.74 Å². The predicted octanol–water partition coefficient (Wildman–Crippen LogP) is 3.66. The van der Waals surface area contributed by atoms with Gasteiger partial charge in [0.1, 0.15) is 0 Å². The van der Waals surface area contributed by atoms with Crippen molar-refractivity contribution in [3.8, 4) is 0 Å². The van der Waals surface area contributed by atoms with Crippen molar-refractivity contribution >= 4 is 0 Å². The highest BCUT2D eigenvalue weighted by molar-refractivity contribution is 4.88. The molecule has 0 saturated heterocycles. The first-order chi connectivity index (χ1) is 8.40. The van der Waals surface area contributed by atoms with Crippen LogP contribution in [0.25, 0.3) is 0 Å². The molecule has 0 radical (unpaired) electrons. The van der Waals surface area contributed by atoms with Gasteiger partial charge < -0.3 is 10.1 Å². The molecule has 0 aliphatic heterocycles. The van der Waals surface area contributed by atoms with E-state index in [-0.39, 0.29) is 0 Å². The van der Waals surface area contributed by atoms with Crippen LogP contribution in [0.4, 0.5) is 13.2 Å². The second kappa shape index (κ2) is 6.75. The van der Waals surface area contributed by atoms with Crippen LogP contribution < -0.4 is 5.32 Å². The van der Waals surface area contributed by atoms with Crippen molar-refractivity contribution in [2.75, 3.05) is 13.1 Å². The third-order valence-corrected chi connectivity index (χ3v) is 3.53. The first kappa shape index (κ1) is 15.8. The van der Waals surface area contributed by atoms with E-state index in [2.05, 4.69) is 5.32 Å². The molecule has 1 aliphatic rings. The van der Waals surface area contributed by atoms with Gasteiger partial charge in [0.15, 0.2) is 6.10 Å². The SMILES string of the molecule is CCCNCC1(OC(C)C(F)(F)F)CCCCC1. The maximum Gasteiger partial charge on any atom is 0.414 e. The van der Waals surface area contributed by atoms with Crippen molar-refractivity contribution in [3.63, 3.8) is 0 Å². The summed E-state index contributed by atoms with van der Waals surface area (Å²) in [6, 6.07) is 0. The molecule has 1 N–H and O–H groups in total. The molecule has 5 heteroatoms. The maximum absolute atomic E-state index is 12.6. The Balaban J connectivity index is 2.59. The zero-order valence-corrected chi connectivity index (χ0v) is 11.3. The molecule has 108 valence electrons. The summed E-state index contributed by atoms with van der Waals surface area (Å²) in [4.78, 5) is 0. The molecule has 0 aromatic heterocycles. The van der Waals surface area contributed by atoms with Gasteiger partial charge in [0.2, 0.25) is 0 Å². The second-order valence-electron chi connectivity index (χ2n) is 5.22. The largest absolute Gasteiger partial charge is 0.414 e. The lowest BCUT2D eigenvalue weighted by Gasteiger charge is -2.40. The van der Waals surface area contributed by atoms with Crippen LogP contribution >= 0.6 is 0 Å². The second-order valence-corrected chi connectivity index (χ2v) is 5.22. The van der Waals surface area contributed by atoms with E-state index in [1.165, 1.54) is 0 Å². The summed E-state index contributed by atoms with van der Waals surface area (Å²) >= 11 is 0. The van der Waals surface area contributed by atoms with Gasteiger partial charge >= 0.3 is 6.18 Å². The minimum Gasteiger partial charge on any atom is -0.361 e. The van der Waals surface area contributed by atoms with E-state index in [1.54, 1.807) is 0 Å². The summed E-state index contributed by atoms with van der Waals surface area (Å²) in [6.45, 7) is 4.50. The zero-order valence-electron chi connectivity index (χ0n) is 11.3. The van der Waals surface area contributed by atoms with Crippen LogP contribution in [0.5, 0.6) is 0 Å². The fourth-order valence-corrected chi connectivity index (χ4v) is 2.47. The van der Waals surface area contributed by atoms with Crippen LogP contribution in [-0.2, 0) is 4.74 Å². The number of nitrogens with one attached hydrogen (secondary N) is 1. The summed E-state index contributed by atoms with van der Waals surface area (Å²) in [6.07, 6.45) is -0.510. The smallest absolute Gasteiger partial charge is 0.361 e. The Labute approximate surface area is 107 Å². The normalized spacial score (nSPS) is 21.8. The average Bonchev–Trinajstić information content (AvgIpc) is 2.29. The number of ether oxygens (including phenoxy) is 1. The van der Waals surface area contributed by atoms with Crippen LogP contribution in [0, 0.1) is 0 Å². The molecule has 1 saturated carbocycles. The Bertz CT molecular complexity index is 237. The Morgan fingerprint density at radius 3 is 2.33 bits per heavy atom. The molecule has 0 aromatic carbocycles. The molecule has 0 aromatic rings. The highest BCUT2D eigenvalue weighted by Crippen LogP contribution is 2.35. The molecule has 1 unspecified atom stereocenters. The molecule has 0 amide bonds. The standard InChI is InChI=1S/C13H24F3NO/c1-3-9-17-10-12(7-5-4-6-8-12)18-11(2)13(14,15)16/h11,17H,3-10H2,1-2H3. The molecule has 1 fully saturated rings. The Hall–Kier alpha value is -0.290. The van der Waals surface area contributed by atoms with Gasteiger partial charge in [-0.1, -0.05) is 26.2 Å². The number of alkyl halides is 3. The van der Waals surface area contributed by atoms with Gasteiger partial charge in [0, 0.05) is 6.54 Å². The zero-order chi connectivity index (χ0) is 13.6. The van der Waals surface area contributed by atoms with E-state index in [9.17, 15) is 13.2 Å². The minimum atomic E-state index is -4.27. The molecular weight excluding hydrogens is 243 g/mol. The fraction of sp³-hybridized carbons (Fsp3) is 1.00. The summed E-state index contributed by atoms with van der Waals surface area (Å²) in [7, 11) is 0. The molecule has 18 heavy (non-hydrogen) atoms. The lowest BCUT2D eigenvalue weighted by atomic mass is 9.84. The third kappa shape index (κ3) is 4.76. The van der Waals surface area contributed by atoms with E-state index < -0.39 is 17.9 Å². The molecule has 0 heterocycles. The Kier molecular flexibility index (Phi) is 5.92. The van der Waals surface area contributed by atoms with Crippen LogP contribution in [0.1, 0.15) is 52.4 Å².